The normalized spacial score (nSPS) is 12.3. The fourth-order valence-electron chi connectivity index (χ4n) is 1.35. The molecule has 0 aliphatic carbocycles. The van der Waals surface area contributed by atoms with E-state index in [0.29, 0.717) is 0 Å². The molecule has 1 amide bonds. The quantitative estimate of drug-likeness (QED) is 0.797. The van der Waals surface area contributed by atoms with Gasteiger partial charge in [0.2, 0.25) is 5.91 Å². The van der Waals surface area contributed by atoms with Crippen LogP contribution in [-0.2, 0) is 9.59 Å². The van der Waals surface area contributed by atoms with Crippen LogP contribution in [0.5, 0.6) is 0 Å². The van der Waals surface area contributed by atoms with E-state index in [1.807, 2.05) is 6.07 Å². The first-order valence-electron chi connectivity index (χ1n) is 5.56. The topological polar surface area (TPSA) is 70.5 Å². The van der Waals surface area contributed by atoms with E-state index < -0.39 is 11.9 Å². The van der Waals surface area contributed by atoms with Gasteiger partial charge in [-0.2, -0.15) is 0 Å². The zero-order chi connectivity index (χ0) is 13.5. The number of carbonyl (C=O) groups excluding carboxylic acids is 1. The molecular formula is C13H16N2O3. The molecule has 96 valence electrons. The van der Waals surface area contributed by atoms with E-state index in [-0.39, 0.29) is 12.5 Å². The Morgan fingerprint density at radius 2 is 2.28 bits per heavy atom. The lowest BCUT2D eigenvalue weighted by Gasteiger charge is -2.17. The molecule has 0 saturated carbocycles. The smallest absolute Gasteiger partial charge is 0.308 e. The Labute approximate surface area is 106 Å². The van der Waals surface area contributed by atoms with E-state index in [0.717, 1.165) is 5.56 Å². The Balaban J connectivity index is 2.55. The highest BCUT2D eigenvalue weighted by atomic mass is 16.4. The summed E-state index contributed by atoms with van der Waals surface area (Å²) in [6.07, 6.45) is 6.35. The Hall–Kier alpha value is -2.17. The second kappa shape index (κ2) is 6.54. The number of carboxylic acid groups (broad SMARTS) is 1. The second-order valence-electron chi connectivity index (χ2n) is 4.08. The van der Waals surface area contributed by atoms with E-state index in [1.165, 1.54) is 11.0 Å². The van der Waals surface area contributed by atoms with Gasteiger partial charge in [0.1, 0.15) is 0 Å². The van der Waals surface area contributed by atoms with Crippen molar-refractivity contribution in [3.63, 3.8) is 0 Å². The van der Waals surface area contributed by atoms with Gasteiger partial charge in [-0.15, -0.1) is 0 Å². The molecule has 5 nitrogen and oxygen atoms in total. The number of rotatable bonds is 5. The summed E-state index contributed by atoms with van der Waals surface area (Å²) < 4.78 is 0. The summed E-state index contributed by atoms with van der Waals surface area (Å²) in [5, 5.41) is 8.76. The average molecular weight is 248 g/mol. The first-order valence-corrected chi connectivity index (χ1v) is 5.56. The van der Waals surface area contributed by atoms with Gasteiger partial charge in [-0.3, -0.25) is 14.6 Å². The zero-order valence-electron chi connectivity index (χ0n) is 10.4. The van der Waals surface area contributed by atoms with Crippen LogP contribution in [0, 0.1) is 5.92 Å². The highest BCUT2D eigenvalue weighted by molar-refractivity contribution is 5.91. The van der Waals surface area contributed by atoms with Crippen LogP contribution in [-0.4, -0.2) is 40.5 Å². The van der Waals surface area contributed by atoms with E-state index >= 15 is 0 Å². The number of hydrogen-bond acceptors (Lipinski definition) is 3. The number of hydrogen-bond donors (Lipinski definition) is 1. The molecule has 0 aromatic carbocycles. The number of carboxylic acids is 1. The maximum atomic E-state index is 11.7. The Morgan fingerprint density at radius 3 is 2.83 bits per heavy atom. The van der Waals surface area contributed by atoms with Crippen LogP contribution in [0.1, 0.15) is 12.5 Å². The number of amides is 1. The largest absolute Gasteiger partial charge is 0.481 e. The zero-order valence-corrected chi connectivity index (χ0v) is 10.4. The van der Waals surface area contributed by atoms with Gasteiger partial charge in [0.25, 0.3) is 0 Å². The van der Waals surface area contributed by atoms with Crippen LogP contribution < -0.4 is 0 Å². The molecule has 1 atom stereocenters. The molecule has 0 radical (unpaired) electrons. The Kier molecular flexibility index (Phi) is 5.05. The molecule has 1 aromatic heterocycles. The summed E-state index contributed by atoms with van der Waals surface area (Å²) in [6, 6.07) is 3.61. The molecule has 1 aromatic rings. The number of aromatic nitrogens is 1. The summed E-state index contributed by atoms with van der Waals surface area (Å²) in [6.45, 7) is 1.75. The van der Waals surface area contributed by atoms with Crippen molar-refractivity contribution in [3.8, 4) is 0 Å². The molecule has 0 aliphatic heterocycles. The summed E-state index contributed by atoms with van der Waals surface area (Å²) in [5.74, 6) is -1.72. The molecule has 0 bridgehead atoms. The maximum Gasteiger partial charge on any atom is 0.308 e. The third-order valence-electron chi connectivity index (χ3n) is 2.45. The van der Waals surface area contributed by atoms with E-state index in [9.17, 15) is 9.59 Å². The van der Waals surface area contributed by atoms with Crippen molar-refractivity contribution in [1.29, 1.82) is 0 Å². The third kappa shape index (κ3) is 4.37. The summed E-state index contributed by atoms with van der Waals surface area (Å²) >= 11 is 0. The third-order valence-corrected chi connectivity index (χ3v) is 2.45. The molecule has 18 heavy (non-hydrogen) atoms. The van der Waals surface area contributed by atoms with Crippen LogP contribution in [0.25, 0.3) is 6.08 Å². The SMILES string of the molecule is CC(CN(C)C(=O)/C=C/c1cccnc1)C(=O)O. The van der Waals surface area contributed by atoms with Crippen molar-refractivity contribution in [3.05, 3.63) is 36.2 Å². The van der Waals surface area contributed by atoms with Gasteiger partial charge < -0.3 is 10.0 Å². The predicted octanol–water partition coefficient (Wildman–Crippen LogP) is 1.27. The van der Waals surface area contributed by atoms with Crippen LogP contribution in [0.4, 0.5) is 0 Å². The van der Waals surface area contributed by atoms with Crippen molar-refractivity contribution in [2.24, 2.45) is 5.92 Å². The molecule has 0 spiro atoms. The van der Waals surface area contributed by atoms with E-state index in [4.69, 9.17) is 5.11 Å². The lowest BCUT2D eigenvalue weighted by Crippen LogP contribution is -2.32. The monoisotopic (exact) mass is 248 g/mol. The second-order valence-corrected chi connectivity index (χ2v) is 4.08. The van der Waals surface area contributed by atoms with Gasteiger partial charge in [-0.05, 0) is 17.7 Å². The fraction of sp³-hybridized carbons (Fsp3) is 0.308. The molecule has 1 N–H and O–H groups in total. The number of carbonyl (C=O) groups is 2. The molecular weight excluding hydrogens is 232 g/mol. The fourth-order valence-corrected chi connectivity index (χ4v) is 1.35. The molecule has 0 fully saturated rings. The summed E-state index contributed by atoms with van der Waals surface area (Å²) in [5.41, 5.74) is 0.825. The highest BCUT2D eigenvalue weighted by Gasteiger charge is 2.15. The molecule has 0 aliphatic rings. The van der Waals surface area contributed by atoms with Crippen molar-refractivity contribution in [2.75, 3.05) is 13.6 Å². The van der Waals surface area contributed by atoms with Gasteiger partial charge in [-0.25, -0.2) is 0 Å². The van der Waals surface area contributed by atoms with Gasteiger partial charge >= 0.3 is 5.97 Å². The van der Waals surface area contributed by atoms with Crippen molar-refractivity contribution >= 4 is 18.0 Å². The van der Waals surface area contributed by atoms with Crippen LogP contribution in [0.2, 0.25) is 0 Å². The summed E-state index contributed by atoms with van der Waals surface area (Å²) in [4.78, 5) is 27.7. The maximum absolute atomic E-state index is 11.7. The van der Waals surface area contributed by atoms with E-state index in [2.05, 4.69) is 4.98 Å². The van der Waals surface area contributed by atoms with Gasteiger partial charge in [0.05, 0.1) is 5.92 Å². The molecule has 0 saturated heterocycles. The van der Waals surface area contributed by atoms with Crippen molar-refractivity contribution < 1.29 is 14.7 Å². The minimum atomic E-state index is -0.911. The molecule has 5 heteroatoms. The first-order chi connectivity index (χ1) is 8.50. The van der Waals surface area contributed by atoms with E-state index in [1.54, 1.807) is 38.5 Å². The molecule has 1 unspecified atom stereocenters. The lowest BCUT2D eigenvalue weighted by atomic mass is 10.2. The van der Waals surface area contributed by atoms with Crippen LogP contribution in [0.3, 0.4) is 0 Å². The van der Waals surface area contributed by atoms with Gasteiger partial charge in [0, 0.05) is 32.1 Å². The van der Waals surface area contributed by atoms with Crippen LogP contribution in [0.15, 0.2) is 30.6 Å². The van der Waals surface area contributed by atoms with Gasteiger partial charge in [-0.1, -0.05) is 13.0 Å². The Morgan fingerprint density at radius 1 is 1.56 bits per heavy atom. The number of pyridine rings is 1. The number of likely N-dealkylation sites (N-methyl/N-ethyl adjacent to an activating group) is 1. The molecule has 1 heterocycles. The minimum Gasteiger partial charge on any atom is -0.481 e. The highest BCUT2D eigenvalue weighted by Crippen LogP contribution is 2.02. The standard InChI is InChI=1S/C13H16N2O3/c1-10(13(17)18)9-15(2)12(16)6-5-11-4-3-7-14-8-11/h3-8,10H,9H2,1-2H3,(H,17,18)/b6-5+. The average Bonchev–Trinajstić information content (AvgIpc) is 2.36. The first kappa shape index (κ1) is 13.9. The minimum absolute atomic E-state index is 0.186. The number of aliphatic carboxylic acids is 1. The molecule has 1 rings (SSSR count). The lowest BCUT2D eigenvalue weighted by molar-refractivity contribution is -0.142. The summed E-state index contributed by atoms with van der Waals surface area (Å²) in [7, 11) is 1.58. The van der Waals surface area contributed by atoms with Crippen molar-refractivity contribution in [2.45, 2.75) is 6.92 Å². The predicted molar refractivity (Wildman–Crippen MR) is 67.7 cm³/mol. The van der Waals surface area contributed by atoms with Crippen LogP contribution >= 0.6 is 0 Å². The van der Waals surface area contributed by atoms with Crippen molar-refractivity contribution in [1.82, 2.24) is 9.88 Å². The van der Waals surface area contributed by atoms with Gasteiger partial charge in [0.15, 0.2) is 0 Å². The number of nitrogens with zero attached hydrogens (tertiary/aromatic N) is 2. The Bertz CT molecular complexity index is 443.